The minimum atomic E-state index is 0.772. The molecule has 0 aliphatic heterocycles. The molecule has 0 atom stereocenters. The summed E-state index contributed by atoms with van der Waals surface area (Å²) in [5.41, 5.74) is 1.20. The van der Waals surface area contributed by atoms with Crippen LogP contribution in [0.15, 0.2) is 35.3 Å². The summed E-state index contributed by atoms with van der Waals surface area (Å²) < 4.78 is 0.846. The Morgan fingerprint density at radius 1 is 1.28 bits per heavy atom. The van der Waals surface area contributed by atoms with E-state index in [0.29, 0.717) is 0 Å². The van der Waals surface area contributed by atoms with Crippen molar-refractivity contribution in [3.05, 3.63) is 40.9 Å². The fraction of sp³-hybridized carbons (Fsp3) is 0.250. The van der Waals surface area contributed by atoms with Gasteiger partial charge in [0.2, 0.25) is 0 Å². The predicted octanol–water partition coefficient (Wildman–Crippen LogP) is 2.33. The first-order chi connectivity index (χ1) is 8.81. The molecule has 2 rings (SSSR count). The van der Waals surface area contributed by atoms with Crippen LogP contribution in [-0.4, -0.2) is 28.5 Å². The van der Waals surface area contributed by atoms with Crippen molar-refractivity contribution >= 4 is 27.6 Å². The van der Waals surface area contributed by atoms with Crippen LogP contribution in [0.2, 0.25) is 0 Å². The average Bonchev–Trinajstić information content (AvgIpc) is 2.42. The van der Waals surface area contributed by atoms with Crippen molar-refractivity contribution in [2.24, 2.45) is 0 Å². The van der Waals surface area contributed by atoms with Crippen LogP contribution in [0.25, 0.3) is 0 Å². The molecule has 18 heavy (non-hydrogen) atoms. The minimum absolute atomic E-state index is 0.772. The number of aromatic nitrogens is 3. The summed E-state index contributed by atoms with van der Waals surface area (Å²) in [6.07, 6.45) is 6.08. The molecule has 0 bridgehead atoms. The summed E-state index contributed by atoms with van der Waals surface area (Å²) in [4.78, 5) is 12.4. The first kappa shape index (κ1) is 12.8. The molecular formula is C12H14BrN5. The summed E-state index contributed by atoms with van der Waals surface area (Å²) in [5, 5.41) is 6.27. The molecule has 0 aliphatic carbocycles. The summed E-state index contributed by atoms with van der Waals surface area (Å²) in [6.45, 7) is 0.796. The van der Waals surface area contributed by atoms with E-state index >= 15 is 0 Å². The van der Waals surface area contributed by atoms with Crippen molar-refractivity contribution < 1.29 is 0 Å². The lowest BCUT2D eigenvalue weighted by Crippen LogP contribution is -2.08. The van der Waals surface area contributed by atoms with Crippen molar-refractivity contribution in [3.8, 4) is 0 Å². The van der Waals surface area contributed by atoms with E-state index in [1.165, 1.54) is 11.9 Å². The molecule has 2 aromatic heterocycles. The van der Waals surface area contributed by atoms with Crippen molar-refractivity contribution in [1.82, 2.24) is 15.0 Å². The average molecular weight is 308 g/mol. The Morgan fingerprint density at radius 2 is 2.11 bits per heavy atom. The van der Waals surface area contributed by atoms with Crippen LogP contribution >= 0.6 is 15.9 Å². The second-order valence-corrected chi connectivity index (χ2v) is 4.47. The van der Waals surface area contributed by atoms with Crippen LogP contribution < -0.4 is 10.6 Å². The third kappa shape index (κ3) is 3.16. The van der Waals surface area contributed by atoms with Gasteiger partial charge in [0.1, 0.15) is 22.4 Å². The monoisotopic (exact) mass is 307 g/mol. The van der Waals surface area contributed by atoms with E-state index < -0.39 is 0 Å². The van der Waals surface area contributed by atoms with E-state index in [2.05, 4.69) is 47.6 Å². The van der Waals surface area contributed by atoms with E-state index in [1.807, 2.05) is 19.3 Å². The van der Waals surface area contributed by atoms with Crippen molar-refractivity contribution in [2.75, 3.05) is 24.2 Å². The Morgan fingerprint density at radius 3 is 2.83 bits per heavy atom. The molecule has 2 aromatic rings. The maximum Gasteiger partial charge on any atom is 0.145 e. The minimum Gasteiger partial charge on any atom is -0.372 e. The molecule has 6 heteroatoms. The summed E-state index contributed by atoms with van der Waals surface area (Å²) in [7, 11) is 1.83. The summed E-state index contributed by atoms with van der Waals surface area (Å²) in [5.74, 6) is 1.56. The van der Waals surface area contributed by atoms with Crippen molar-refractivity contribution in [1.29, 1.82) is 0 Å². The Bertz CT molecular complexity index is 503. The molecule has 0 spiro atoms. The second kappa shape index (κ2) is 6.30. The van der Waals surface area contributed by atoms with Crippen LogP contribution in [0.5, 0.6) is 0 Å². The zero-order chi connectivity index (χ0) is 12.8. The van der Waals surface area contributed by atoms with E-state index in [-0.39, 0.29) is 0 Å². The zero-order valence-electron chi connectivity index (χ0n) is 10.0. The van der Waals surface area contributed by atoms with Crippen LogP contribution in [0.1, 0.15) is 5.56 Å². The highest BCUT2D eigenvalue weighted by atomic mass is 79.9. The van der Waals surface area contributed by atoms with Crippen LogP contribution in [0.4, 0.5) is 11.6 Å². The normalized spacial score (nSPS) is 10.1. The molecule has 0 saturated heterocycles. The van der Waals surface area contributed by atoms with E-state index in [0.717, 1.165) is 29.1 Å². The van der Waals surface area contributed by atoms with Gasteiger partial charge in [-0.25, -0.2) is 9.97 Å². The summed E-state index contributed by atoms with van der Waals surface area (Å²) >= 11 is 3.47. The zero-order valence-corrected chi connectivity index (χ0v) is 11.6. The second-order valence-electron chi connectivity index (χ2n) is 3.67. The van der Waals surface area contributed by atoms with Gasteiger partial charge >= 0.3 is 0 Å². The first-order valence-electron chi connectivity index (χ1n) is 5.62. The molecule has 0 amide bonds. The van der Waals surface area contributed by atoms with Gasteiger partial charge in [-0.3, -0.25) is 4.98 Å². The van der Waals surface area contributed by atoms with Crippen LogP contribution in [0.3, 0.4) is 0 Å². The van der Waals surface area contributed by atoms with Gasteiger partial charge in [-0.15, -0.1) is 0 Å². The molecule has 0 aromatic carbocycles. The maximum atomic E-state index is 4.19. The largest absolute Gasteiger partial charge is 0.372 e. The highest BCUT2D eigenvalue weighted by Gasteiger charge is 2.06. The molecule has 2 N–H and O–H groups in total. The molecule has 0 unspecified atom stereocenters. The Kier molecular flexibility index (Phi) is 4.46. The van der Waals surface area contributed by atoms with Gasteiger partial charge in [-0.05, 0) is 34.0 Å². The lowest BCUT2D eigenvalue weighted by Gasteiger charge is -2.09. The SMILES string of the molecule is CNc1ncnc(NCCc2cccnc2)c1Br. The predicted molar refractivity (Wildman–Crippen MR) is 75.7 cm³/mol. The Balaban J connectivity index is 1.95. The number of pyridine rings is 1. The van der Waals surface area contributed by atoms with Gasteiger partial charge in [-0.2, -0.15) is 0 Å². The molecule has 5 nitrogen and oxygen atoms in total. The van der Waals surface area contributed by atoms with Gasteiger partial charge in [0.15, 0.2) is 0 Å². The van der Waals surface area contributed by atoms with Gasteiger partial charge in [-0.1, -0.05) is 6.07 Å². The molecular weight excluding hydrogens is 294 g/mol. The van der Waals surface area contributed by atoms with Gasteiger partial charge in [0, 0.05) is 26.0 Å². The van der Waals surface area contributed by atoms with Gasteiger partial charge in [0.05, 0.1) is 0 Å². The molecule has 2 heterocycles. The highest BCUT2D eigenvalue weighted by molar-refractivity contribution is 9.10. The fourth-order valence-corrected chi connectivity index (χ4v) is 2.08. The highest BCUT2D eigenvalue weighted by Crippen LogP contribution is 2.25. The summed E-state index contributed by atoms with van der Waals surface area (Å²) in [6, 6.07) is 4.00. The number of nitrogens with zero attached hydrogens (tertiary/aromatic N) is 3. The molecule has 0 aliphatic rings. The Labute approximate surface area is 114 Å². The topological polar surface area (TPSA) is 62.7 Å². The number of hydrogen-bond donors (Lipinski definition) is 2. The standard InChI is InChI=1S/C12H14BrN5/c1-14-11-10(13)12(18-8-17-11)16-6-4-9-3-2-5-15-7-9/h2-3,5,7-8H,4,6H2,1H3,(H2,14,16,17,18). The first-order valence-corrected chi connectivity index (χ1v) is 6.41. The number of nitrogens with one attached hydrogen (secondary N) is 2. The van der Waals surface area contributed by atoms with Crippen molar-refractivity contribution in [2.45, 2.75) is 6.42 Å². The number of halogens is 1. The van der Waals surface area contributed by atoms with Gasteiger partial charge < -0.3 is 10.6 Å². The Hall–Kier alpha value is -1.69. The van der Waals surface area contributed by atoms with Gasteiger partial charge in [0.25, 0.3) is 0 Å². The smallest absolute Gasteiger partial charge is 0.145 e. The number of anilines is 2. The molecule has 0 fully saturated rings. The molecule has 0 saturated carbocycles. The quantitative estimate of drug-likeness (QED) is 0.887. The maximum absolute atomic E-state index is 4.19. The van der Waals surface area contributed by atoms with Crippen LogP contribution in [0, 0.1) is 0 Å². The van der Waals surface area contributed by atoms with E-state index in [4.69, 9.17) is 0 Å². The molecule has 0 radical (unpaired) electrons. The lowest BCUT2D eigenvalue weighted by molar-refractivity contribution is 0.985. The fourth-order valence-electron chi connectivity index (χ4n) is 1.54. The number of hydrogen-bond acceptors (Lipinski definition) is 5. The third-order valence-corrected chi connectivity index (χ3v) is 3.21. The van der Waals surface area contributed by atoms with E-state index in [1.54, 1.807) is 6.20 Å². The van der Waals surface area contributed by atoms with Crippen LogP contribution in [-0.2, 0) is 6.42 Å². The van der Waals surface area contributed by atoms with Crippen molar-refractivity contribution in [3.63, 3.8) is 0 Å². The molecule has 94 valence electrons. The number of rotatable bonds is 5. The third-order valence-electron chi connectivity index (χ3n) is 2.46. The van der Waals surface area contributed by atoms with E-state index in [9.17, 15) is 0 Å². The lowest BCUT2D eigenvalue weighted by atomic mass is 10.2.